The number of aryl methyl sites for hydroxylation is 2. The van der Waals surface area contributed by atoms with Crippen molar-refractivity contribution in [1.82, 2.24) is 15.5 Å². The van der Waals surface area contributed by atoms with E-state index in [2.05, 4.69) is 15.5 Å². The number of nitrogens with zero attached hydrogens (tertiary/aromatic N) is 1. The van der Waals surface area contributed by atoms with Crippen LogP contribution in [0, 0.1) is 12.7 Å². The lowest BCUT2D eigenvalue weighted by atomic mass is 9.89. The highest BCUT2D eigenvalue weighted by Crippen LogP contribution is 2.36. The average Bonchev–Trinajstić information content (AvgIpc) is 3.34. The molecule has 180 valence electrons. The fourth-order valence-electron chi connectivity index (χ4n) is 4.14. The number of ether oxygens (including phenoxy) is 2. The molecule has 7 nitrogen and oxygen atoms in total. The predicted molar refractivity (Wildman–Crippen MR) is 125 cm³/mol. The van der Waals surface area contributed by atoms with Crippen molar-refractivity contribution in [3.63, 3.8) is 0 Å². The van der Waals surface area contributed by atoms with Crippen LogP contribution in [0.4, 0.5) is 4.39 Å². The normalized spacial score (nSPS) is 20.0. The Kier molecular flexibility index (Phi) is 7.80. The first kappa shape index (κ1) is 23.8. The number of nitrogens with one attached hydrogen (secondary N) is 2. The number of amides is 1. The second kappa shape index (κ2) is 11.2. The van der Waals surface area contributed by atoms with Crippen molar-refractivity contribution < 1.29 is 23.8 Å². The van der Waals surface area contributed by atoms with Crippen molar-refractivity contribution in [2.24, 2.45) is 0 Å². The molecule has 3 N–H and O–H groups in total. The molecule has 2 aromatic carbocycles. The lowest BCUT2D eigenvalue weighted by molar-refractivity contribution is -0.124. The van der Waals surface area contributed by atoms with E-state index < -0.39 is 24.1 Å². The molecule has 1 aliphatic rings. The molecule has 0 saturated heterocycles. The number of H-pyrrole nitrogens is 1. The van der Waals surface area contributed by atoms with Gasteiger partial charge in [-0.3, -0.25) is 9.89 Å². The van der Waals surface area contributed by atoms with Gasteiger partial charge in [-0.2, -0.15) is 5.10 Å². The SMILES string of the molecule is Cc1ccc(Oc2c(F)cccc2O[C@@H]2CCC[C@@H](NC(=O)CCCc3cn[nH]c3)[C@H]2O)cc1. The van der Waals surface area contributed by atoms with Crippen molar-refractivity contribution in [2.45, 2.75) is 63.7 Å². The molecular weight excluding hydrogens is 437 g/mol. The first-order valence-electron chi connectivity index (χ1n) is 11.6. The van der Waals surface area contributed by atoms with E-state index in [-0.39, 0.29) is 17.4 Å². The minimum atomic E-state index is -0.915. The number of carbonyl (C=O) groups excluding carboxylic acids is 1. The van der Waals surface area contributed by atoms with E-state index in [1.165, 1.54) is 6.07 Å². The fraction of sp³-hybridized carbons (Fsp3) is 0.385. The van der Waals surface area contributed by atoms with Crippen molar-refractivity contribution in [3.8, 4) is 17.2 Å². The maximum atomic E-state index is 14.6. The maximum Gasteiger partial charge on any atom is 0.220 e. The fourth-order valence-corrected chi connectivity index (χ4v) is 4.14. The van der Waals surface area contributed by atoms with E-state index in [1.54, 1.807) is 30.5 Å². The molecule has 1 aliphatic carbocycles. The molecule has 3 atom stereocenters. The quantitative estimate of drug-likeness (QED) is 0.432. The van der Waals surface area contributed by atoms with Gasteiger partial charge in [0.25, 0.3) is 0 Å². The molecule has 0 bridgehead atoms. The Bertz CT molecular complexity index is 1070. The van der Waals surface area contributed by atoms with Gasteiger partial charge >= 0.3 is 0 Å². The summed E-state index contributed by atoms with van der Waals surface area (Å²) in [5, 5.41) is 20.5. The number of aliphatic hydroxyl groups is 1. The summed E-state index contributed by atoms with van der Waals surface area (Å²) in [4.78, 5) is 12.4. The molecule has 8 heteroatoms. The van der Waals surface area contributed by atoms with Crippen LogP contribution < -0.4 is 14.8 Å². The molecule has 1 saturated carbocycles. The number of para-hydroxylation sites is 1. The number of aromatic amines is 1. The zero-order chi connectivity index (χ0) is 23.9. The van der Waals surface area contributed by atoms with Crippen molar-refractivity contribution >= 4 is 5.91 Å². The van der Waals surface area contributed by atoms with Crippen molar-refractivity contribution in [2.75, 3.05) is 0 Å². The first-order chi connectivity index (χ1) is 16.5. The Morgan fingerprint density at radius 1 is 1.24 bits per heavy atom. The van der Waals surface area contributed by atoms with Gasteiger partial charge in [0.2, 0.25) is 11.7 Å². The van der Waals surface area contributed by atoms with Crippen LogP contribution in [0.1, 0.15) is 43.2 Å². The standard InChI is InChI=1S/C26H30FN3O4/c1-17-11-13-19(14-12-17)33-26-20(27)6-3-9-23(26)34-22-8-4-7-21(25(22)32)30-24(31)10-2-5-18-15-28-29-16-18/h3,6,9,11-16,21-22,25,32H,2,4-5,7-8,10H2,1H3,(H,28,29)(H,30,31)/t21-,22-,25-/m1/s1. The summed E-state index contributed by atoms with van der Waals surface area (Å²) in [7, 11) is 0. The molecule has 3 aromatic rings. The monoisotopic (exact) mass is 467 g/mol. The van der Waals surface area contributed by atoms with E-state index in [4.69, 9.17) is 9.47 Å². The number of hydrogen-bond donors (Lipinski definition) is 3. The van der Waals surface area contributed by atoms with Crippen LogP contribution in [0.15, 0.2) is 54.9 Å². The van der Waals surface area contributed by atoms with Gasteiger partial charge in [0.05, 0.1) is 12.2 Å². The number of rotatable bonds is 9. The van der Waals surface area contributed by atoms with Gasteiger partial charge in [-0.15, -0.1) is 0 Å². The van der Waals surface area contributed by atoms with Crippen LogP contribution in [0.25, 0.3) is 0 Å². The first-order valence-corrected chi connectivity index (χ1v) is 11.6. The smallest absolute Gasteiger partial charge is 0.220 e. The molecule has 0 radical (unpaired) electrons. The molecule has 4 rings (SSSR count). The van der Waals surface area contributed by atoms with Gasteiger partial charge in [-0.25, -0.2) is 4.39 Å². The van der Waals surface area contributed by atoms with Gasteiger partial charge < -0.3 is 19.9 Å². The van der Waals surface area contributed by atoms with Crippen molar-refractivity contribution in [3.05, 3.63) is 71.8 Å². The van der Waals surface area contributed by atoms with Crippen LogP contribution in [0.5, 0.6) is 17.2 Å². The molecule has 1 amide bonds. The third-order valence-electron chi connectivity index (χ3n) is 6.02. The highest BCUT2D eigenvalue weighted by atomic mass is 19.1. The molecular formula is C26H30FN3O4. The Morgan fingerprint density at radius 3 is 2.82 bits per heavy atom. The summed E-state index contributed by atoms with van der Waals surface area (Å²) < 4.78 is 26.4. The highest BCUT2D eigenvalue weighted by Gasteiger charge is 2.35. The Morgan fingerprint density at radius 2 is 2.06 bits per heavy atom. The lowest BCUT2D eigenvalue weighted by Gasteiger charge is -2.35. The lowest BCUT2D eigenvalue weighted by Crippen LogP contribution is -2.52. The topological polar surface area (TPSA) is 96.5 Å². The van der Waals surface area contributed by atoms with E-state index in [0.717, 1.165) is 24.0 Å². The van der Waals surface area contributed by atoms with Gasteiger partial charge in [-0.05, 0) is 68.9 Å². The number of hydrogen-bond acceptors (Lipinski definition) is 5. The molecule has 1 fully saturated rings. The van der Waals surface area contributed by atoms with E-state index in [0.29, 0.717) is 31.4 Å². The van der Waals surface area contributed by atoms with Crippen LogP contribution in [-0.4, -0.2) is 39.5 Å². The zero-order valence-electron chi connectivity index (χ0n) is 19.2. The number of benzene rings is 2. The summed E-state index contributed by atoms with van der Waals surface area (Å²) >= 11 is 0. The summed E-state index contributed by atoms with van der Waals surface area (Å²) in [5.41, 5.74) is 2.12. The molecule has 34 heavy (non-hydrogen) atoms. The summed E-state index contributed by atoms with van der Waals surface area (Å²) in [6.45, 7) is 1.96. The van der Waals surface area contributed by atoms with Crippen LogP contribution in [-0.2, 0) is 11.2 Å². The van der Waals surface area contributed by atoms with Crippen LogP contribution in [0.2, 0.25) is 0 Å². The number of aromatic nitrogens is 2. The van der Waals surface area contributed by atoms with Crippen LogP contribution >= 0.6 is 0 Å². The number of carbonyl (C=O) groups is 1. The van der Waals surface area contributed by atoms with E-state index >= 15 is 0 Å². The van der Waals surface area contributed by atoms with Gasteiger partial charge in [-0.1, -0.05) is 23.8 Å². The number of halogens is 1. The second-order valence-electron chi connectivity index (χ2n) is 8.69. The average molecular weight is 468 g/mol. The summed E-state index contributed by atoms with van der Waals surface area (Å²) in [6.07, 6.45) is 5.88. The summed E-state index contributed by atoms with van der Waals surface area (Å²) in [5.74, 6) is 0.0270. The third kappa shape index (κ3) is 6.14. The Labute approximate surface area is 198 Å². The Hall–Kier alpha value is -3.39. The number of aliphatic hydroxyl groups excluding tert-OH is 1. The van der Waals surface area contributed by atoms with Gasteiger partial charge in [0.1, 0.15) is 18.0 Å². The third-order valence-corrected chi connectivity index (χ3v) is 6.02. The maximum absolute atomic E-state index is 14.6. The van der Waals surface area contributed by atoms with Gasteiger partial charge in [0, 0.05) is 12.6 Å². The summed E-state index contributed by atoms with van der Waals surface area (Å²) in [6, 6.07) is 11.3. The van der Waals surface area contributed by atoms with Crippen LogP contribution in [0.3, 0.4) is 0 Å². The zero-order valence-corrected chi connectivity index (χ0v) is 19.2. The highest BCUT2D eigenvalue weighted by molar-refractivity contribution is 5.76. The predicted octanol–water partition coefficient (Wildman–Crippen LogP) is 4.45. The largest absolute Gasteiger partial charge is 0.484 e. The second-order valence-corrected chi connectivity index (χ2v) is 8.69. The van der Waals surface area contributed by atoms with E-state index in [1.807, 2.05) is 25.3 Å². The molecule has 1 aromatic heterocycles. The Balaban J connectivity index is 1.36. The molecule has 0 spiro atoms. The minimum absolute atomic E-state index is 0.0241. The molecule has 1 heterocycles. The molecule has 0 aliphatic heterocycles. The van der Waals surface area contributed by atoms with Crippen molar-refractivity contribution in [1.29, 1.82) is 0 Å². The minimum Gasteiger partial charge on any atom is -0.484 e. The van der Waals surface area contributed by atoms with E-state index in [9.17, 15) is 14.3 Å². The van der Waals surface area contributed by atoms with Gasteiger partial charge in [0.15, 0.2) is 11.6 Å². The molecule has 0 unspecified atom stereocenters.